The number of fused-ring (bicyclic) bond motifs is 1. The van der Waals surface area contributed by atoms with Gasteiger partial charge in [-0.25, -0.2) is 14.8 Å². The predicted octanol–water partition coefficient (Wildman–Crippen LogP) is 5.35. The number of benzene rings is 3. The van der Waals surface area contributed by atoms with E-state index in [4.69, 9.17) is 4.74 Å². The van der Waals surface area contributed by atoms with Crippen LogP contribution in [0.25, 0.3) is 0 Å². The minimum atomic E-state index is -1.51. The molecule has 0 saturated heterocycles. The van der Waals surface area contributed by atoms with E-state index in [-0.39, 0.29) is 18.5 Å². The maximum atomic E-state index is 13.8. The van der Waals surface area contributed by atoms with Gasteiger partial charge in [0.25, 0.3) is 0 Å². The molecule has 2 heterocycles. The van der Waals surface area contributed by atoms with Crippen molar-refractivity contribution in [2.75, 3.05) is 11.4 Å². The maximum absolute atomic E-state index is 13.8. The maximum Gasteiger partial charge on any atom is 0.347 e. The van der Waals surface area contributed by atoms with Gasteiger partial charge in [-0.2, -0.15) is 0 Å². The minimum absolute atomic E-state index is 0.0370. The van der Waals surface area contributed by atoms with Crippen LogP contribution < -0.4 is 15.0 Å². The van der Waals surface area contributed by atoms with Gasteiger partial charge < -0.3 is 14.7 Å². The molecular weight excluding hydrogens is 528 g/mol. The highest BCUT2D eigenvalue weighted by atomic mass is 16.5. The Morgan fingerprint density at radius 3 is 2.29 bits per heavy atom. The normalized spacial score (nSPS) is 17.3. The van der Waals surface area contributed by atoms with Crippen LogP contribution in [-0.4, -0.2) is 39.6 Å². The molecular formula is C34H36N4O4. The fourth-order valence-electron chi connectivity index (χ4n) is 5.65. The molecule has 2 unspecified atom stereocenters. The van der Waals surface area contributed by atoms with Crippen LogP contribution in [0.5, 0.6) is 6.01 Å². The molecule has 0 aliphatic carbocycles. The molecule has 0 bridgehead atoms. The van der Waals surface area contributed by atoms with Gasteiger partial charge in [0.1, 0.15) is 5.54 Å². The topological polar surface area (TPSA) is 105 Å². The number of carbonyl (C=O) groups is 2. The Labute approximate surface area is 246 Å². The number of unbranched alkanes of at least 4 members (excludes halogenated alkanes) is 1. The molecule has 8 heteroatoms. The molecule has 2 N–H and O–H groups in total. The van der Waals surface area contributed by atoms with Gasteiger partial charge in [0, 0.05) is 22.6 Å². The lowest BCUT2D eigenvalue weighted by Gasteiger charge is -2.39. The van der Waals surface area contributed by atoms with Gasteiger partial charge >= 0.3 is 12.0 Å². The summed E-state index contributed by atoms with van der Waals surface area (Å²) in [5.74, 6) is -1.39. The van der Waals surface area contributed by atoms with Crippen LogP contribution in [0.1, 0.15) is 53.4 Å². The third-order valence-electron chi connectivity index (χ3n) is 7.65. The quantitative estimate of drug-likeness (QED) is 0.268. The number of aryl methyl sites for hydroxylation is 3. The molecule has 3 aromatic carbocycles. The number of carbonyl (C=O) groups excluding carboxylic acids is 1. The van der Waals surface area contributed by atoms with Crippen LogP contribution in [0, 0.1) is 13.8 Å². The van der Waals surface area contributed by atoms with Crippen LogP contribution in [0.3, 0.4) is 0 Å². The Morgan fingerprint density at radius 2 is 1.62 bits per heavy atom. The fraction of sp³-hybridized carbons (Fsp3) is 0.294. The molecule has 1 aliphatic rings. The van der Waals surface area contributed by atoms with Gasteiger partial charge in [-0.3, -0.25) is 10.1 Å². The second-order valence-corrected chi connectivity index (χ2v) is 10.7. The third kappa shape index (κ3) is 5.90. The van der Waals surface area contributed by atoms with Crippen molar-refractivity contribution in [1.82, 2.24) is 15.3 Å². The molecule has 0 radical (unpaired) electrons. The van der Waals surface area contributed by atoms with Crippen molar-refractivity contribution in [2.45, 2.75) is 58.2 Å². The number of carboxylic acids is 1. The van der Waals surface area contributed by atoms with Crippen molar-refractivity contribution < 1.29 is 19.4 Å². The van der Waals surface area contributed by atoms with Gasteiger partial charge in [0.15, 0.2) is 0 Å². The van der Waals surface area contributed by atoms with E-state index in [9.17, 15) is 14.7 Å². The summed E-state index contributed by atoms with van der Waals surface area (Å²) >= 11 is 0. The molecule has 4 aromatic rings. The number of para-hydroxylation sites is 1. The zero-order chi connectivity index (χ0) is 29.7. The first kappa shape index (κ1) is 29.0. The van der Waals surface area contributed by atoms with E-state index >= 15 is 0 Å². The van der Waals surface area contributed by atoms with E-state index < -0.39 is 17.6 Å². The summed E-state index contributed by atoms with van der Waals surface area (Å²) < 4.78 is 6.17. The highest BCUT2D eigenvalue weighted by molar-refractivity contribution is 5.97. The van der Waals surface area contributed by atoms with Crippen molar-refractivity contribution in [2.24, 2.45) is 0 Å². The summed E-state index contributed by atoms with van der Waals surface area (Å²) in [6.07, 6.45) is 1.78. The highest BCUT2D eigenvalue weighted by Crippen LogP contribution is 2.42. The summed E-state index contributed by atoms with van der Waals surface area (Å²) in [5, 5.41) is 14.0. The Morgan fingerprint density at radius 1 is 0.976 bits per heavy atom. The lowest BCUT2D eigenvalue weighted by molar-refractivity contribution is -0.149. The largest absolute Gasteiger partial charge is 0.478 e. The smallest absolute Gasteiger partial charge is 0.347 e. The number of nitrogens with zero attached hydrogens (tertiary/aromatic N) is 3. The molecule has 1 aromatic heterocycles. The number of hydrogen-bond donors (Lipinski definition) is 2. The van der Waals surface area contributed by atoms with Gasteiger partial charge in [-0.05, 0) is 55.5 Å². The number of ether oxygens (including phenoxy) is 1. The van der Waals surface area contributed by atoms with Crippen LogP contribution in [0.4, 0.5) is 5.69 Å². The number of hydrogen-bond acceptors (Lipinski definition) is 6. The van der Waals surface area contributed by atoms with Gasteiger partial charge in [-0.1, -0.05) is 86.1 Å². The highest BCUT2D eigenvalue weighted by Gasteiger charge is 2.52. The number of aliphatic carboxylic acids is 1. The predicted molar refractivity (Wildman–Crippen MR) is 161 cm³/mol. The van der Waals surface area contributed by atoms with E-state index in [1.807, 2.05) is 54.6 Å². The molecule has 1 aliphatic heterocycles. The van der Waals surface area contributed by atoms with Crippen LogP contribution in [-0.2, 0) is 28.1 Å². The second kappa shape index (κ2) is 12.5. The lowest BCUT2D eigenvalue weighted by Crippen LogP contribution is -2.58. The Hall–Kier alpha value is -4.56. The Kier molecular flexibility index (Phi) is 8.64. The number of anilines is 1. The number of nitrogens with one attached hydrogen (secondary N) is 1. The average Bonchev–Trinajstić information content (AvgIpc) is 3.10. The summed E-state index contributed by atoms with van der Waals surface area (Å²) in [5.41, 5.74) is 3.99. The van der Waals surface area contributed by atoms with E-state index in [0.29, 0.717) is 34.7 Å². The van der Waals surface area contributed by atoms with Crippen molar-refractivity contribution in [3.8, 4) is 6.01 Å². The van der Waals surface area contributed by atoms with Crippen LogP contribution >= 0.6 is 0 Å². The van der Waals surface area contributed by atoms with Gasteiger partial charge in [-0.15, -0.1) is 0 Å². The standard InChI is InChI=1S/C34H36N4O4/c1-4-5-11-25-16-18-26(19-17-25)22-38-29-15-10-9-14-28(29)34(35-21-30(38)39,27-12-7-6-8-13-27)31(32(40)41)42-33-36-23(2)20-24(3)37-33/h6-10,12-20,31,35H,4-5,11,21-22H2,1-3H3,(H,40,41). The van der Waals surface area contributed by atoms with Crippen molar-refractivity contribution in [3.05, 3.63) is 119 Å². The van der Waals surface area contributed by atoms with E-state index in [1.54, 1.807) is 24.8 Å². The summed E-state index contributed by atoms with van der Waals surface area (Å²) in [6.45, 7) is 6.01. The van der Waals surface area contributed by atoms with E-state index in [0.717, 1.165) is 24.8 Å². The van der Waals surface area contributed by atoms with E-state index in [1.165, 1.54) is 5.56 Å². The molecule has 5 rings (SSSR count). The molecule has 0 fully saturated rings. The molecule has 1 amide bonds. The Balaban J connectivity index is 1.63. The minimum Gasteiger partial charge on any atom is -0.478 e. The SMILES string of the molecule is CCCCc1ccc(CN2C(=O)CNC(c3ccccc3)(C(Oc3nc(C)cc(C)n3)C(=O)O)c3ccccc32)cc1. The average molecular weight is 565 g/mol. The monoisotopic (exact) mass is 564 g/mol. The molecule has 0 saturated carbocycles. The first-order valence-electron chi connectivity index (χ1n) is 14.3. The van der Waals surface area contributed by atoms with Gasteiger partial charge in [0.2, 0.25) is 12.0 Å². The molecule has 0 spiro atoms. The zero-order valence-electron chi connectivity index (χ0n) is 24.2. The first-order chi connectivity index (χ1) is 20.3. The van der Waals surface area contributed by atoms with E-state index in [2.05, 4.69) is 46.5 Å². The molecule has 216 valence electrons. The van der Waals surface area contributed by atoms with Crippen molar-refractivity contribution in [3.63, 3.8) is 0 Å². The number of aromatic nitrogens is 2. The zero-order valence-corrected chi connectivity index (χ0v) is 24.2. The van der Waals surface area contributed by atoms with Crippen molar-refractivity contribution in [1.29, 1.82) is 0 Å². The third-order valence-corrected chi connectivity index (χ3v) is 7.65. The van der Waals surface area contributed by atoms with Crippen LogP contribution in [0.2, 0.25) is 0 Å². The molecule has 2 atom stereocenters. The van der Waals surface area contributed by atoms with Crippen molar-refractivity contribution >= 4 is 17.6 Å². The van der Waals surface area contributed by atoms with Crippen LogP contribution in [0.15, 0.2) is 84.9 Å². The molecule has 8 nitrogen and oxygen atoms in total. The fourth-order valence-corrected chi connectivity index (χ4v) is 5.65. The second-order valence-electron chi connectivity index (χ2n) is 10.7. The number of carboxylic acid groups (broad SMARTS) is 1. The molecule has 42 heavy (non-hydrogen) atoms. The number of rotatable bonds is 10. The summed E-state index contributed by atoms with van der Waals surface area (Å²) in [4.78, 5) is 37.4. The summed E-state index contributed by atoms with van der Waals surface area (Å²) in [6, 6.07) is 26.8. The number of amides is 1. The first-order valence-corrected chi connectivity index (χ1v) is 14.3. The summed E-state index contributed by atoms with van der Waals surface area (Å²) in [7, 11) is 0. The lowest BCUT2D eigenvalue weighted by atomic mass is 9.77. The van der Waals surface area contributed by atoms with Gasteiger partial charge in [0.05, 0.1) is 13.1 Å². The Bertz CT molecular complexity index is 1540.